The van der Waals surface area contributed by atoms with E-state index in [0.29, 0.717) is 0 Å². The Labute approximate surface area is 185 Å². The summed E-state index contributed by atoms with van der Waals surface area (Å²) in [5, 5.41) is 0. The molecule has 4 rings (SSSR count). The summed E-state index contributed by atoms with van der Waals surface area (Å²) in [6.45, 7) is 12.0. The maximum atomic E-state index is 13.4. The maximum absolute atomic E-state index is 13.4. The Morgan fingerprint density at radius 2 is 1.16 bits per heavy atom. The van der Waals surface area contributed by atoms with Gasteiger partial charge in [-0.2, -0.15) is 0 Å². The molecule has 0 aromatic heterocycles. The van der Waals surface area contributed by atoms with Gasteiger partial charge in [-0.05, 0) is 58.1 Å². The normalized spacial score (nSPS) is 42.9. The van der Waals surface area contributed by atoms with Gasteiger partial charge >= 0.3 is 11.9 Å². The zero-order valence-corrected chi connectivity index (χ0v) is 19.4. The molecule has 0 aromatic rings. The molecule has 4 aliphatic rings. The van der Waals surface area contributed by atoms with Crippen molar-refractivity contribution >= 4 is 11.9 Å². The fourth-order valence-corrected chi connectivity index (χ4v) is 5.52. The summed E-state index contributed by atoms with van der Waals surface area (Å²) >= 11 is 0. The first kappa shape index (κ1) is 21.9. The maximum Gasteiger partial charge on any atom is 0.311 e. The molecule has 0 amide bonds. The predicted octanol–water partition coefficient (Wildman–Crippen LogP) is 5.33. The van der Waals surface area contributed by atoms with Crippen LogP contribution in [0.2, 0.25) is 0 Å². The Morgan fingerprint density at radius 3 is 1.55 bits per heavy atom. The van der Waals surface area contributed by atoms with Crippen LogP contribution in [0.15, 0.2) is 59.8 Å². The van der Waals surface area contributed by atoms with Crippen molar-refractivity contribution in [2.45, 2.75) is 59.2 Å². The lowest BCUT2D eigenvalue weighted by Crippen LogP contribution is -2.45. The summed E-state index contributed by atoms with van der Waals surface area (Å²) < 4.78 is 12.2. The molecule has 0 aliphatic heterocycles. The van der Waals surface area contributed by atoms with Gasteiger partial charge in [0.1, 0.15) is 11.2 Å². The number of hydrogen-bond acceptors (Lipinski definition) is 4. The zero-order chi connectivity index (χ0) is 22.6. The van der Waals surface area contributed by atoms with E-state index >= 15 is 0 Å². The number of ether oxygens (including phenoxy) is 2. The highest BCUT2D eigenvalue weighted by Crippen LogP contribution is 2.50. The monoisotopic (exact) mass is 422 g/mol. The highest BCUT2D eigenvalue weighted by Gasteiger charge is 2.55. The molecule has 0 radical (unpaired) electrons. The molecule has 8 atom stereocenters. The van der Waals surface area contributed by atoms with Crippen LogP contribution in [0.4, 0.5) is 0 Å². The SMILES string of the molecule is CC1=CC(C)(OC(=O)C2C3C=CC(C3)C2C(=O)OC2(C)C=C(C)C=CC2C)C(C)C=C1. The van der Waals surface area contributed by atoms with E-state index in [-0.39, 0.29) is 35.6 Å². The summed E-state index contributed by atoms with van der Waals surface area (Å²) in [7, 11) is 0. The van der Waals surface area contributed by atoms with Gasteiger partial charge in [0.05, 0.1) is 11.8 Å². The van der Waals surface area contributed by atoms with E-state index in [2.05, 4.69) is 36.5 Å². The molecule has 0 spiro atoms. The van der Waals surface area contributed by atoms with Crippen molar-refractivity contribution in [3.8, 4) is 0 Å². The van der Waals surface area contributed by atoms with Gasteiger partial charge in [-0.1, -0.05) is 61.4 Å². The summed E-state index contributed by atoms with van der Waals surface area (Å²) in [6, 6.07) is 0. The van der Waals surface area contributed by atoms with E-state index in [0.717, 1.165) is 17.6 Å². The lowest BCUT2D eigenvalue weighted by molar-refractivity contribution is -0.175. The Morgan fingerprint density at radius 1 is 0.774 bits per heavy atom. The van der Waals surface area contributed by atoms with Crippen molar-refractivity contribution in [1.29, 1.82) is 0 Å². The standard InChI is InChI=1S/C27H34O4/c1-16-7-9-18(3)26(5,14-16)30-24(28)22-20-11-12-21(13-20)23(22)25(29)31-27(6)15-17(2)8-10-19(27)4/h7-12,14-15,18-23H,13H2,1-6H3. The summed E-state index contributed by atoms with van der Waals surface area (Å²) in [5.41, 5.74) is 0.743. The average molecular weight is 423 g/mol. The molecule has 31 heavy (non-hydrogen) atoms. The van der Waals surface area contributed by atoms with E-state index in [1.54, 1.807) is 0 Å². The first-order chi connectivity index (χ1) is 14.5. The lowest BCUT2D eigenvalue weighted by Gasteiger charge is -2.38. The molecule has 0 saturated heterocycles. The van der Waals surface area contributed by atoms with Crippen LogP contribution >= 0.6 is 0 Å². The van der Waals surface area contributed by atoms with Crippen LogP contribution in [-0.2, 0) is 19.1 Å². The Kier molecular flexibility index (Phi) is 5.39. The molecule has 1 fully saturated rings. The van der Waals surface area contributed by atoms with Crippen molar-refractivity contribution in [1.82, 2.24) is 0 Å². The van der Waals surface area contributed by atoms with Gasteiger partial charge < -0.3 is 9.47 Å². The second kappa shape index (κ2) is 7.65. The van der Waals surface area contributed by atoms with Gasteiger partial charge in [0.2, 0.25) is 0 Å². The van der Waals surface area contributed by atoms with E-state index < -0.39 is 23.0 Å². The number of fused-ring (bicyclic) bond motifs is 2. The zero-order valence-electron chi connectivity index (χ0n) is 19.4. The molecule has 166 valence electrons. The second-order valence-corrected chi connectivity index (χ2v) is 10.3. The van der Waals surface area contributed by atoms with Crippen LogP contribution in [0.3, 0.4) is 0 Å². The van der Waals surface area contributed by atoms with E-state index in [1.165, 1.54) is 0 Å². The number of esters is 2. The topological polar surface area (TPSA) is 52.6 Å². The van der Waals surface area contributed by atoms with Gasteiger partial charge in [-0.15, -0.1) is 0 Å². The van der Waals surface area contributed by atoms with Crippen LogP contribution in [-0.4, -0.2) is 23.1 Å². The third-order valence-electron chi connectivity index (χ3n) is 7.78. The molecular formula is C27H34O4. The van der Waals surface area contributed by atoms with Crippen molar-refractivity contribution < 1.29 is 19.1 Å². The van der Waals surface area contributed by atoms with E-state index in [4.69, 9.17) is 9.47 Å². The lowest BCUT2D eigenvalue weighted by atomic mass is 9.80. The first-order valence-electron chi connectivity index (χ1n) is 11.4. The minimum Gasteiger partial charge on any atom is -0.454 e. The number of allylic oxidation sites excluding steroid dienone is 6. The van der Waals surface area contributed by atoms with Gasteiger partial charge in [-0.25, -0.2) is 0 Å². The Balaban J connectivity index is 1.55. The highest BCUT2D eigenvalue weighted by molar-refractivity contribution is 5.85. The quantitative estimate of drug-likeness (QED) is 0.454. The summed E-state index contributed by atoms with van der Waals surface area (Å²) in [6.07, 6.45) is 17.2. The number of hydrogen-bond donors (Lipinski definition) is 0. The first-order valence-corrected chi connectivity index (χ1v) is 11.4. The largest absolute Gasteiger partial charge is 0.454 e. The van der Waals surface area contributed by atoms with Crippen molar-refractivity contribution in [2.24, 2.45) is 35.5 Å². The molecule has 1 saturated carbocycles. The molecule has 0 heterocycles. The molecule has 4 nitrogen and oxygen atoms in total. The van der Waals surface area contributed by atoms with E-state index in [9.17, 15) is 9.59 Å². The minimum atomic E-state index is -0.704. The Hall–Kier alpha value is -2.36. The Bertz CT molecular complexity index is 861. The molecule has 8 unspecified atom stereocenters. The number of carbonyl (C=O) groups excluding carboxylic acids is 2. The number of rotatable bonds is 4. The summed E-state index contributed by atoms with van der Waals surface area (Å²) in [5.74, 6) is -1.35. The predicted molar refractivity (Wildman–Crippen MR) is 121 cm³/mol. The van der Waals surface area contributed by atoms with Gasteiger partial charge in [0.15, 0.2) is 0 Å². The van der Waals surface area contributed by atoms with Crippen molar-refractivity contribution in [3.05, 3.63) is 59.8 Å². The molecule has 4 heteroatoms. The molecule has 4 aliphatic carbocycles. The molecule has 2 bridgehead atoms. The average Bonchev–Trinajstić information content (AvgIpc) is 3.29. The van der Waals surface area contributed by atoms with Crippen molar-refractivity contribution in [2.75, 3.05) is 0 Å². The fourth-order valence-electron chi connectivity index (χ4n) is 5.52. The van der Waals surface area contributed by atoms with Gasteiger partial charge in [0, 0.05) is 11.8 Å². The fraction of sp³-hybridized carbons (Fsp3) is 0.556. The smallest absolute Gasteiger partial charge is 0.311 e. The van der Waals surface area contributed by atoms with Crippen LogP contribution in [0.1, 0.15) is 48.0 Å². The minimum absolute atomic E-state index is 0.0342. The van der Waals surface area contributed by atoms with Gasteiger partial charge in [0.25, 0.3) is 0 Å². The van der Waals surface area contributed by atoms with Crippen molar-refractivity contribution in [3.63, 3.8) is 0 Å². The number of carbonyl (C=O) groups is 2. The second-order valence-electron chi connectivity index (χ2n) is 10.3. The third-order valence-corrected chi connectivity index (χ3v) is 7.78. The molecular weight excluding hydrogens is 388 g/mol. The van der Waals surface area contributed by atoms with Crippen LogP contribution < -0.4 is 0 Å². The molecule has 0 aromatic carbocycles. The van der Waals surface area contributed by atoms with Crippen LogP contribution in [0.25, 0.3) is 0 Å². The summed E-state index contributed by atoms with van der Waals surface area (Å²) in [4.78, 5) is 26.8. The van der Waals surface area contributed by atoms with Crippen LogP contribution in [0, 0.1) is 35.5 Å². The highest BCUT2D eigenvalue weighted by atomic mass is 16.6. The van der Waals surface area contributed by atoms with E-state index in [1.807, 2.05) is 53.7 Å². The third kappa shape index (κ3) is 3.86. The van der Waals surface area contributed by atoms with Crippen LogP contribution in [0.5, 0.6) is 0 Å². The molecule has 0 N–H and O–H groups in total. The van der Waals surface area contributed by atoms with Gasteiger partial charge in [-0.3, -0.25) is 9.59 Å².